The Hall–Kier alpha value is -1.35. The largest absolute Gasteiger partial charge is 0.381 e. The fraction of sp³-hybridized carbons (Fsp3) is 0.500. The van der Waals surface area contributed by atoms with E-state index in [9.17, 15) is 0 Å². The summed E-state index contributed by atoms with van der Waals surface area (Å²) in [4.78, 5) is 8.14. The first-order valence-electron chi connectivity index (χ1n) is 6.34. The zero-order valence-electron chi connectivity index (χ0n) is 10.1. The molecule has 0 radical (unpaired) electrons. The number of para-hydroxylation sites is 2. The minimum atomic E-state index is 0.405. The number of nitrogens with zero attached hydrogens (tertiary/aromatic N) is 1. The lowest BCUT2D eigenvalue weighted by Crippen LogP contribution is -2.21. The Balaban J connectivity index is 1.87. The molecule has 0 saturated heterocycles. The molecule has 90 valence electrons. The van der Waals surface area contributed by atoms with Crippen molar-refractivity contribution in [2.75, 3.05) is 7.11 Å². The van der Waals surface area contributed by atoms with Crippen LogP contribution in [0.1, 0.15) is 37.4 Å². The van der Waals surface area contributed by atoms with Gasteiger partial charge in [0.1, 0.15) is 5.82 Å². The van der Waals surface area contributed by atoms with Gasteiger partial charge in [0, 0.05) is 13.0 Å². The Morgan fingerprint density at radius 2 is 2.18 bits per heavy atom. The van der Waals surface area contributed by atoms with Crippen LogP contribution in [0.4, 0.5) is 0 Å². The molecule has 1 heterocycles. The van der Waals surface area contributed by atoms with Crippen LogP contribution in [0.15, 0.2) is 24.3 Å². The van der Waals surface area contributed by atoms with Gasteiger partial charge in [-0.05, 0) is 31.4 Å². The second-order valence-electron chi connectivity index (χ2n) is 4.86. The Labute approximate surface area is 101 Å². The molecule has 1 N–H and O–H groups in total. The summed E-state index contributed by atoms with van der Waals surface area (Å²) in [5, 5.41) is 0. The number of ether oxygens (including phenoxy) is 1. The van der Waals surface area contributed by atoms with Gasteiger partial charge in [0.2, 0.25) is 0 Å². The molecule has 2 aromatic rings. The van der Waals surface area contributed by atoms with E-state index in [0.717, 1.165) is 23.3 Å². The smallest absolute Gasteiger partial charge is 0.110 e. The summed E-state index contributed by atoms with van der Waals surface area (Å²) >= 11 is 0. The average molecular weight is 230 g/mol. The molecule has 2 unspecified atom stereocenters. The molecule has 17 heavy (non-hydrogen) atoms. The molecular weight excluding hydrogens is 212 g/mol. The topological polar surface area (TPSA) is 37.9 Å². The third kappa shape index (κ3) is 2.07. The van der Waals surface area contributed by atoms with Crippen molar-refractivity contribution in [1.82, 2.24) is 9.97 Å². The van der Waals surface area contributed by atoms with Crippen molar-refractivity contribution in [2.24, 2.45) is 0 Å². The maximum absolute atomic E-state index is 5.48. The predicted octanol–water partition coefficient (Wildman–Crippen LogP) is 3.24. The maximum atomic E-state index is 5.48. The van der Waals surface area contributed by atoms with Gasteiger partial charge in [-0.1, -0.05) is 18.6 Å². The highest BCUT2D eigenvalue weighted by Gasteiger charge is 2.25. The van der Waals surface area contributed by atoms with E-state index in [2.05, 4.69) is 17.1 Å². The van der Waals surface area contributed by atoms with Crippen molar-refractivity contribution >= 4 is 11.0 Å². The average Bonchev–Trinajstić information content (AvgIpc) is 2.82. The Morgan fingerprint density at radius 1 is 1.29 bits per heavy atom. The molecule has 1 saturated carbocycles. The van der Waals surface area contributed by atoms with Gasteiger partial charge in [0.05, 0.1) is 17.1 Å². The van der Waals surface area contributed by atoms with E-state index in [4.69, 9.17) is 9.72 Å². The minimum absolute atomic E-state index is 0.405. The van der Waals surface area contributed by atoms with E-state index < -0.39 is 0 Å². The minimum Gasteiger partial charge on any atom is -0.381 e. The Kier molecular flexibility index (Phi) is 2.85. The zero-order chi connectivity index (χ0) is 11.7. The van der Waals surface area contributed by atoms with E-state index >= 15 is 0 Å². The Bertz CT molecular complexity index is 473. The van der Waals surface area contributed by atoms with Crippen LogP contribution in [-0.2, 0) is 4.74 Å². The summed E-state index contributed by atoms with van der Waals surface area (Å²) < 4.78 is 5.48. The number of imidazole rings is 1. The lowest BCUT2D eigenvalue weighted by molar-refractivity contribution is 0.0625. The van der Waals surface area contributed by atoms with Crippen LogP contribution < -0.4 is 0 Å². The first-order chi connectivity index (χ1) is 8.36. The van der Waals surface area contributed by atoms with Crippen LogP contribution in [-0.4, -0.2) is 23.2 Å². The molecule has 1 aliphatic rings. The number of aromatic amines is 1. The highest BCUT2D eigenvalue weighted by Crippen LogP contribution is 2.33. The molecule has 0 spiro atoms. The summed E-state index contributed by atoms with van der Waals surface area (Å²) in [5.74, 6) is 1.66. The number of hydrogen-bond acceptors (Lipinski definition) is 2. The van der Waals surface area contributed by atoms with E-state index in [0.29, 0.717) is 12.0 Å². The van der Waals surface area contributed by atoms with E-state index in [1.165, 1.54) is 19.3 Å². The molecule has 1 aliphatic carbocycles. The van der Waals surface area contributed by atoms with Gasteiger partial charge in [0.25, 0.3) is 0 Å². The van der Waals surface area contributed by atoms with Crippen molar-refractivity contribution in [3.05, 3.63) is 30.1 Å². The van der Waals surface area contributed by atoms with Crippen molar-refractivity contribution in [1.29, 1.82) is 0 Å². The van der Waals surface area contributed by atoms with Crippen LogP contribution in [0.25, 0.3) is 11.0 Å². The van der Waals surface area contributed by atoms with Gasteiger partial charge in [-0.15, -0.1) is 0 Å². The van der Waals surface area contributed by atoms with Crippen molar-refractivity contribution < 1.29 is 4.74 Å². The highest BCUT2D eigenvalue weighted by atomic mass is 16.5. The van der Waals surface area contributed by atoms with Crippen LogP contribution in [0, 0.1) is 0 Å². The second kappa shape index (κ2) is 4.49. The molecule has 3 nitrogen and oxygen atoms in total. The number of benzene rings is 1. The van der Waals surface area contributed by atoms with Gasteiger partial charge in [-0.25, -0.2) is 4.98 Å². The standard InChI is InChI=1S/C14H18N2O/c1-17-11-6-4-5-10(9-11)14-15-12-7-2-3-8-13(12)16-14/h2-3,7-8,10-11H,4-6,9H2,1H3,(H,15,16). The first kappa shape index (κ1) is 10.8. The normalized spacial score (nSPS) is 25.2. The van der Waals surface area contributed by atoms with Gasteiger partial charge < -0.3 is 9.72 Å². The number of methoxy groups -OCH3 is 1. The van der Waals surface area contributed by atoms with Gasteiger partial charge in [-0.3, -0.25) is 0 Å². The number of H-pyrrole nitrogens is 1. The van der Waals surface area contributed by atoms with Gasteiger partial charge >= 0.3 is 0 Å². The van der Waals surface area contributed by atoms with Crippen molar-refractivity contribution in [2.45, 2.75) is 37.7 Å². The molecule has 0 amide bonds. The summed E-state index contributed by atoms with van der Waals surface area (Å²) in [7, 11) is 1.81. The molecule has 3 heteroatoms. The van der Waals surface area contributed by atoms with Crippen LogP contribution in [0.5, 0.6) is 0 Å². The van der Waals surface area contributed by atoms with E-state index in [1.54, 1.807) is 0 Å². The molecule has 0 bridgehead atoms. The quantitative estimate of drug-likeness (QED) is 0.860. The molecule has 0 aliphatic heterocycles. The fourth-order valence-corrected chi connectivity index (χ4v) is 2.77. The third-order valence-electron chi connectivity index (χ3n) is 3.75. The fourth-order valence-electron chi connectivity index (χ4n) is 2.77. The number of hydrogen-bond donors (Lipinski definition) is 1. The van der Waals surface area contributed by atoms with Crippen molar-refractivity contribution in [3.63, 3.8) is 0 Å². The van der Waals surface area contributed by atoms with E-state index in [1.807, 2.05) is 19.2 Å². The lowest BCUT2D eigenvalue weighted by atomic mass is 9.87. The lowest BCUT2D eigenvalue weighted by Gasteiger charge is -2.26. The van der Waals surface area contributed by atoms with E-state index in [-0.39, 0.29) is 0 Å². The maximum Gasteiger partial charge on any atom is 0.110 e. The molecule has 1 aromatic carbocycles. The molecule has 1 aromatic heterocycles. The summed E-state index contributed by atoms with van der Waals surface area (Å²) in [6.07, 6.45) is 5.14. The zero-order valence-corrected chi connectivity index (χ0v) is 10.1. The molecule has 3 rings (SSSR count). The molecule has 1 fully saturated rings. The number of fused-ring (bicyclic) bond motifs is 1. The molecular formula is C14H18N2O. The number of nitrogens with one attached hydrogen (secondary N) is 1. The van der Waals surface area contributed by atoms with Crippen LogP contribution in [0.2, 0.25) is 0 Å². The summed E-state index contributed by atoms with van der Waals surface area (Å²) in [5.41, 5.74) is 2.21. The monoisotopic (exact) mass is 230 g/mol. The van der Waals surface area contributed by atoms with Gasteiger partial charge in [-0.2, -0.15) is 0 Å². The van der Waals surface area contributed by atoms with Crippen LogP contribution >= 0.6 is 0 Å². The highest BCUT2D eigenvalue weighted by molar-refractivity contribution is 5.74. The third-order valence-corrected chi connectivity index (χ3v) is 3.75. The number of aromatic nitrogens is 2. The van der Waals surface area contributed by atoms with Crippen molar-refractivity contribution in [3.8, 4) is 0 Å². The molecule has 2 atom stereocenters. The summed E-state index contributed by atoms with van der Waals surface area (Å²) in [6, 6.07) is 8.23. The summed E-state index contributed by atoms with van der Waals surface area (Å²) in [6.45, 7) is 0. The predicted molar refractivity (Wildman–Crippen MR) is 68.1 cm³/mol. The van der Waals surface area contributed by atoms with Gasteiger partial charge in [0.15, 0.2) is 0 Å². The van der Waals surface area contributed by atoms with Crippen LogP contribution in [0.3, 0.4) is 0 Å². The second-order valence-corrected chi connectivity index (χ2v) is 4.86. The Morgan fingerprint density at radius 3 is 3.00 bits per heavy atom. The SMILES string of the molecule is COC1CCCC(c2nc3ccccc3[nH]2)C1. The first-order valence-corrected chi connectivity index (χ1v) is 6.34. The number of rotatable bonds is 2.